The Labute approximate surface area is 197 Å². The first-order chi connectivity index (χ1) is 15.6. The van der Waals surface area contributed by atoms with Crippen LogP contribution in [0.1, 0.15) is 22.7 Å². The minimum atomic E-state index is -3.59. The lowest BCUT2D eigenvalue weighted by atomic mass is 10.1. The molecule has 9 heteroatoms. The van der Waals surface area contributed by atoms with Crippen LogP contribution in [-0.4, -0.2) is 82.5 Å². The van der Waals surface area contributed by atoms with E-state index in [9.17, 15) is 13.2 Å². The quantitative estimate of drug-likeness (QED) is 0.667. The molecule has 2 aromatic carbocycles. The van der Waals surface area contributed by atoms with Gasteiger partial charge in [-0.2, -0.15) is 4.31 Å². The second-order valence-corrected chi connectivity index (χ2v) is 10.5. The molecule has 1 fully saturated rings. The molecule has 33 heavy (non-hydrogen) atoms. The van der Waals surface area contributed by atoms with Gasteiger partial charge in [0.25, 0.3) is 0 Å². The van der Waals surface area contributed by atoms with E-state index in [-0.39, 0.29) is 25.2 Å². The number of aryl methyl sites for hydroxylation is 2. The molecule has 0 aromatic heterocycles. The summed E-state index contributed by atoms with van der Waals surface area (Å²) in [6, 6.07) is 13.1. The molecule has 3 rings (SSSR count). The molecule has 2 aromatic rings. The van der Waals surface area contributed by atoms with Crippen LogP contribution in [0, 0.1) is 13.8 Å². The molecule has 1 heterocycles. The van der Waals surface area contributed by atoms with E-state index >= 15 is 0 Å². The SMILES string of the molecule is COc1ccc([C@H](CNC(=O)N2CCN(S(=O)(=O)c3cc(C)ccc3C)CC2)N(C)C)cc1. The number of carbonyl (C=O) groups excluding carboxylic acids is 1. The smallest absolute Gasteiger partial charge is 0.317 e. The lowest BCUT2D eigenvalue weighted by Crippen LogP contribution is -2.53. The summed E-state index contributed by atoms with van der Waals surface area (Å²) < 4.78 is 32.9. The number of benzene rings is 2. The monoisotopic (exact) mass is 474 g/mol. The standard InChI is InChI=1S/C24H34N4O4S/c1-18-6-7-19(2)23(16-18)33(30,31)28-14-12-27(13-15-28)24(29)25-17-22(26(3)4)20-8-10-21(32-5)11-9-20/h6-11,16,22H,12-15,17H2,1-5H3,(H,25,29)/t22-/m0/s1. The first-order valence-corrected chi connectivity index (χ1v) is 12.5. The Morgan fingerprint density at radius 2 is 1.70 bits per heavy atom. The number of urea groups is 1. The molecular weight excluding hydrogens is 440 g/mol. The van der Waals surface area contributed by atoms with Crippen LogP contribution < -0.4 is 10.1 Å². The number of sulfonamides is 1. The third kappa shape index (κ3) is 5.85. The number of methoxy groups -OCH3 is 1. The number of carbonyl (C=O) groups is 1. The third-order valence-electron chi connectivity index (χ3n) is 6.06. The van der Waals surface area contributed by atoms with Crippen LogP contribution in [0.2, 0.25) is 0 Å². The average Bonchev–Trinajstić information content (AvgIpc) is 2.80. The van der Waals surface area contributed by atoms with Crippen molar-refractivity contribution >= 4 is 16.1 Å². The number of amides is 2. The maximum absolute atomic E-state index is 13.1. The van der Waals surface area contributed by atoms with Gasteiger partial charge in [-0.1, -0.05) is 24.3 Å². The van der Waals surface area contributed by atoms with Gasteiger partial charge in [-0.3, -0.25) is 0 Å². The highest BCUT2D eigenvalue weighted by Crippen LogP contribution is 2.23. The van der Waals surface area contributed by atoms with Crippen LogP contribution in [0.25, 0.3) is 0 Å². The van der Waals surface area contributed by atoms with E-state index in [2.05, 4.69) is 10.2 Å². The van der Waals surface area contributed by atoms with Crippen molar-refractivity contribution in [3.63, 3.8) is 0 Å². The lowest BCUT2D eigenvalue weighted by molar-refractivity contribution is 0.168. The highest BCUT2D eigenvalue weighted by atomic mass is 32.2. The Kier molecular flexibility index (Phi) is 7.99. The Bertz CT molecular complexity index is 1060. The molecule has 0 bridgehead atoms. The normalized spacial score (nSPS) is 16.0. The van der Waals surface area contributed by atoms with Crippen molar-refractivity contribution in [3.8, 4) is 5.75 Å². The molecule has 1 aliphatic heterocycles. The Morgan fingerprint density at radius 3 is 2.27 bits per heavy atom. The van der Waals surface area contributed by atoms with Crippen molar-refractivity contribution in [1.29, 1.82) is 0 Å². The van der Waals surface area contributed by atoms with Crippen LogP contribution in [0.5, 0.6) is 5.75 Å². The zero-order valence-electron chi connectivity index (χ0n) is 20.0. The predicted octanol–water partition coefficient (Wildman–Crippen LogP) is 2.63. The van der Waals surface area contributed by atoms with Gasteiger partial charge in [0.05, 0.1) is 18.0 Å². The fourth-order valence-corrected chi connectivity index (χ4v) is 5.71. The van der Waals surface area contributed by atoms with Crippen LogP contribution >= 0.6 is 0 Å². The van der Waals surface area contributed by atoms with Gasteiger partial charge in [0.1, 0.15) is 5.75 Å². The second kappa shape index (κ2) is 10.5. The van der Waals surface area contributed by atoms with E-state index in [1.165, 1.54) is 4.31 Å². The summed E-state index contributed by atoms with van der Waals surface area (Å²) in [6.07, 6.45) is 0. The van der Waals surface area contributed by atoms with E-state index in [4.69, 9.17) is 4.74 Å². The van der Waals surface area contributed by atoms with Crippen molar-refractivity contribution in [1.82, 2.24) is 19.4 Å². The molecule has 1 aliphatic rings. The van der Waals surface area contributed by atoms with Crippen LogP contribution in [0.4, 0.5) is 4.79 Å². The van der Waals surface area contributed by atoms with Gasteiger partial charge in [0, 0.05) is 32.7 Å². The summed E-state index contributed by atoms with van der Waals surface area (Å²) in [6.45, 7) is 5.39. The fourth-order valence-electron chi connectivity index (χ4n) is 3.98. The number of hydrogen-bond acceptors (Lipinski definition) is 5. The zero-order chi connectivity index (χ0) is 24.2. The minimum Gasteiger partial charge on any atom is -0.497 e. The average molecular weight is 475 g/mol. The van der Waals surface area contributed by atoms with Crippen LogP contribution in [0.15, 0.2) is 47.4 Å². The predicted molar refractivity (Wildman–Crippen MR) is 129 cm³/mol. The van der Waals surface area contributed by atoms with Crippen molar-refractivity contribution in [2.75, 3.05) is 53.9 Å². The Balaban J connectivity index is 1.59. The van der Waals surface area contributed by atoms with Gasteiger partial charge in [-0.25, -0.2) is 13.2 Å². The minimum absolute atomic E-state index is 0.00539. The molecule has 0 saturated carbocycles. The fraction of sp³-hybridized carbons (Fsp3) is 0.458. The first-order valence-electron chi connectivity index (χ1n) is 11.0. The molecule has 2 amide bonds. The number of rotatable bonds is 7. The van der Waals surface area contributed by atoms with Crippen molar-refractivity contribution < 1.29 is 17.9 Å². The topological polar surface area (TPSA) is 82.2 Å². The third-order valence-corrected chi connectivity index (χ3v) is 8.10. The van der Waals surface area contributed by atoms with E-state index in [0.717, 1.165) is 22.4 Å². The van der Waals surface area contributed by atoms with E-state index in [1.54, 1.807) is 25.0 Å². The summed E-state index contributed by atoms with van der Waals surface area (Å²) in [5.74, 6) is 0.786. The molecule has 1 saturated heterocycles. The summed E-state index contributed by atoms with van der Waals surface area (Å²) in [5.41, 5.74) is 2.71. The van der Waals surface area contributed by atoms with Crippen molar-refractivity contribution in [2.45, 2.75) is 24.8 Å². The van der Waals surface area contributed by atoms with Gasteiger partial charge in [0.15, 0.2) is 0 Å². The molecule has 1 N–H and O–H groups in total. The maximum atomic E-state index is 13.1. The summed E-state index contributed by atoms with van der Waals surface area (Å²) in [5, 5.41) is 3.01. The van der Waals surface area contributed by atoms with E-state index < -0.39 is 10.0 Å². The van der Waals surface area contributed by atoms with Crippen LogP contribution in [0.3, 0.4) is 0 Å². The number of nitrogens with one attached hydrogen (secondary N) is 1. The highest BCUT2D eigenvalue weighted by molar-refractivity contribution is 7.89. The summed E-state index contributed by atoms with van der Waals surface area (Å²) >= 11 is 0. The molecule has 0 unspecified atom stereocenters. The summed E-state index contributed by atoms with van der Waals surface area (Å²) in [4.78, 5) is 16.9. The summed E-state index contributed by atoms with van der Waals surface area (Å²) in [7, 11) is 1.99. The number of hydrogen-bond donors (Lipinski definition) is 1. The molecular formula is C24H34N4O4S. The van der Waals surface area contributed by atoms with Gasteiger partial charge in [-0.05, 0) is 62.8 Å². The highest BCUT2D eigenvalue weighted by Gasteiger charge is 2.31. The molecule has 8 nitrogen and oxygen atoms in total. The molecule has 180 valence electrons. The van der Waals surface area contributed by atoms with Crippen molar-refractivity contribution in [3.05, 3.63) is 59.2 Å². The number of piperazine rings is 1. The van der Waals surface area contributed by atoms with Crippen molar-refractivity contribution in [2.24, 2.45) is 0 Å². The van der Waals surface area contributed by atoms with Gasteiger partial charge in [-0.15, -0.1) is 0 Å². The zero-order valence-corrected chi connectivity index (χ0v) is 20.9. The van der Waals surface area contributed by atoms with E-state index in [1.807, 2.05) is 57.4 Å². The first kappa shape index (κ1) is 25.0. The van der Waals surface area contributed by atoms with E-state index in [0.29, 0.717) is 24.5 Å². The van der Waals surface area contributed by atoms with Gasteiger partial charge < -0.3 is 19.9 Å². The van der Waals surface area contributed by atoms with Crippen LogP contribution in [-0.2, 0) is 10.0 Å². The molecule has 0 aliphatic carbocycles. The second-order valence-electron chi connectivity index (χ2n) is 8.60. The lowest BCUT2D eigenvalue weighted by Gasteiger charge is -2.35. The maximum Gasteiger partial charge on any atom is 0.317 e. The molecule has 0 spiro atoms. The Hall–Kier alpha value is -2.62. The number of nitrogens with zero attached hydrogens (tertiary/aromatic N) is 3. The van der Waals surface area contributed by atoms with Gasteiger partial charge >= 0.3 is 6.03 Å². The number of ether oxygens (including phenoxy) is 1. The number of likely N-dealkylation sites (N-methyl/N-ethyl adjacent to an activating group) is 1. The molecule has 0 radical (unpaired) electrons. The molecule has 1 atom stereocenters. The largest absolute Gasteiger partial charge is 0.497 e. The Morgan fingerprint density at radius 1 is 1.06 bits per heavy atom. The van der Waals surface area contributed by atoms with Gasteiger partial charge in [0.2, 0.25) is 10.0 Å².